The van der Waals surface area contributed by atoms with Crippen LogP contribution in [0.3, 0.4) is 0 Å². The predicted molar refractivity (Wildman–Crippen MR) is 133 cm³/mol. The molecule has 0 unspecified atom stereocenters. The first kappa shape index (κ1) is 24.8. The van der Waals surface area contributed by atoms with Gasteiger partial charge in [-0.1, -0.05) is 43.2 Å². The van der Waals surface area contributed by atoms with E-state index in [-0.39, 0.29) is 11.5 Å². The average molecular weight is 459 g/mol. The van der Waals surface area contributed by atoms with Crippen molar-refractivity contribution in [1.82, 2.24) is 19.4 Å². The third-order valence-corrected chi connectivity index (χ3v) is 7.54. The molecule has 6 nitrogen and oxygen atoms in total. The second-order valence-corrected chi connectivity index (χ2v) is 10.3. The molecule has 0 aliphatic heterocycles. The second-order valence-electron chi connectivity index (χ2n) is 9.38. The number of thioether (sulfide) groups is 1. The van der Waals surface area contributed by atoms with E-state index in [1.807, 2.05) is 36.2 Å². The van der Waals surface area contributed by atoms with Gasteiger partial charge in [0, 0.05) is 38.3 Å². The molecule has 1 aromatic carbocycles. The summed E-state index contributed by atoms with van der Waals surface area (Å²) in [5.74, 6) is 0.414. The van der Waals surface area contributed by atoms with E-state index in [2.05, 4.69) is 32.6 Å². The number of nitrogens with zero attached hydrogens (tertiary/aromatic N) is 4. The van der Waals surface area contributed by atoms with Crippen LogP contribution < -0.4 is 5.56 Å². The van der Waals surface area contributed by atoms with Crippen LogP contribution in [0.25, 0.3) is 10.9 Å². The van der Waals surface area contributed by atoms with Crippen LogP contribution in [0.2, 0.25) is 0 Å². The fraction of sp³-hybridized carbons (Fsp3) is 0.640. The van der Waals surface area contributed by atoms with Crippen LogP contribution in [0, 0.1) is 0 Å². The van der Waals surface area contributed by atoms with Gasteiger partial charge in [-0.15, -0.1) is 0 Å². The first-order valence-electron chi connectivity index (χ1n) is 11.9. The van der Waals surface area contributed by atoms with Crippen LogP contribution in [-0.2, 0) is 11.3 Å². The zero-order valence-electron chi connectivity index (χ0n) is 20.2. The summed E-state index contributed by atoms with van der Waals surface area (Å²) in [7, 11) is 1.92. The molecule has 0 N–H and O–H groups in total. The molecule has 1 fully saturated rings. The summed E-state index contributed by atoms with van der Waals surface area (Å²) in [6.07, 6.45) is 5.84. The third kappa shape index (κ3) is 5.93. The summed E-state index contributed by atoms with van der Waals surface area (Å²) in [6.45, 7) is 10.0. The topological polar surface area (TPSA) is 58.4 Å². The molecule has 2 aromatic rings. The zero-order valence-corrected chi connectivity index (χ0v) is 21.0. The van der Waals surface area contributed by atoms with Crippen molar-refractivity contribution in [3.63, 3.8) is 0 Å². The first-order valence-corrected chi connectivity index (χ1v) is 12.9. The predicted octanol–water partition coefficient (Wildman–Crippen LogP) is 4.40. The lowest BCUT2D eigenvalue weighted by Crippen LogP contribution is -2.41. The van der Waals surface area contributed by atoms with Gasteiger partial charge in [-0.2, -0.15) is 0 Å². The second kappa shape index (κ2) is 11.3. The van der Waals surface area contributed by atoms with Crippen LogP contribution in [0.1, 0.15) is 59.8 Å². The van der Waals surface area contributed by atoms with Gasteiger partial charge < -0.3 is 4.90 Å². The van der Waals surface area contributed by atoms with E-state index in [1.165, 1.54) is 31.0 Å². The molecule has 32 heavy (non-hydrogen) atoms. The number of benzene rings is 1. The van der Waals surface area contributed by atoms with Gasteiger partial charge in [0.15, 0.2) is 5.16 Å². The summed E-state index contributed by atoms with van der Waals surface area (Å²) >= 11 is 1.39. The average Bonchev–Trinajstić information content (AvgIpc) is 2.78. The number of rotatable bonds is 9. The van der Waals surface area contributed by atoms with Gasteiger partial charge in [-0.05, 0) is 52.7 Å². The lowest BCUT2D eigenvalue weighted by atomic mass is 9.94. The molecule has 3 rings (SSSR count). The molecule has 1 saturated carbocycles. The van der Waals surface area contributed by atoms with Gasteiger partial charge in [0.2, 0.25) is 5.91 Å². The van der Waals surface area contributed by atoms with Gasteiger partial charge in [-0.3, -0.25) is 19.1 Å². The number of carbonyl (C=O) groups is 1. The molecule has 0 saturated heterocycles. The van der Waals surface area contributed by atoms with Crippen LogP contribution in [0.15, 0.2) is 34.2 Å². The molecule has 0 atom stereocenters. The normalized spacial score (nSPS) is 15.2. The number of carbonyl (C=O) groups excluding carboxylic acids is 1. The molecule has 0 bridgehead atoms. The van der Waals surface area contributed by atoms with Crippen molar-refractivity contribution >= 4 is 28.6 Å². The Morgan fingerprint density at radius 2 is 1.78 bits per heavy atom. The minimum Gasteiger partial charge on any atom is -0.342 e. The van der Waals surface area contributed by atoms with E-state index < -0.39 is 0 Å². The molecule has 0 radical (unpaired) electrons. The highest BCUT2D eigenvalue weighted by Crippen LogP contribution is 2.24. The molecule has 1 aliphatic carbocycles. The molecular formula is C25H38N4O2S. The Kier molecular flexibility index (Phi) is 8.77. The quantitative estimate of drug-likeness (QED) is 0.412. The van der Waals surface area contributed by atoms with E-state index in [1.54, 1.807) is 4.57 Å². The van der Waals surface area contributed by atoms with Gasteiger partial charge in [0.05, 0.1) is 16.7 Å². The van der Waals surface area contributed by atoms with Crippen LogP contribution >= 0.6 is 11.8 Å². The summed E-state index contributed by atoms with van der Waals surface area (Å²) in [5, 5.41) is 1.26. The Labute approximate surface area is 196 Å². The summed E-state index contributed by atoms with van der Waals surface area (Å²) < 4.78 is 1.76. The number of hydrogen-bond donors (Lipinski definition) is 0. The highest BCUT2D eigenvalue weighted by atomic mass is 32.2. The molecule has 1 heterocycles. The minimum absolute atomic E-state index is 0.0290. The Morgan fingerprint density at radius 3 is 2.44 bits per heavy atom. The fourth-order valence-corrected chi connectivity index (χ4v) is 5.63. The molecule has 1 amide bonds. The highest BCUT2D eigenvalue weighted by Gasteiger charge is 2.23. The molecular weight excluding hydrogens is 420 g/mol. The van der Waals surface area contributed by atoms with Crippen LogP contribution in [-0.4, -0.2) is 62.7 Å². The van der Waals surface area contributed by atoms with Gasteiger partial charge in [0.1, 0.15) is 0 Å². The maximum Gasteiger partial charge on any atom is 0.262 e. The standard InChI is InChI=1S/C25H38N4O2S/c1-18(2)28(19(3)4)15-16-29-24(31)21-13-9-10-14-22(21)26-25(29)32-17-23(30)27(5)20-11-7-6-8-12-20/h9-10,13-14,18-20H,6-8,11-12,15-17H2,1-5H3. The van der Waals surface area contributed by atoms with Crippen LogP contribution in [0.5, 0.6) is 0 Å². The largest absolute Gasteiger partial charge is 0.342 e. The SMILES string of the molecule is CC(C)N(CCn1c(SCC(=O)N(C)C2CCCCC2)nc2ccccc2c1=O)C(C)C. The maximum absolute atomic E-state index is 13.3. The lowest BCUT2D eigenvalue weighted by Gasteiger charge is -2.31. The number of hydrogen-bond acceptors (Lipinski definition) is 5. The summed E-state index contributed by atoms with van der Waals surface area (Å²) in [6, 6.07) is 8.60. The Balaban J connectivity index is 1.81. The van der Waals surface area contributed by atoms with Crippen molar-refractivity contribution in [3.8, 4) is 0 Å². The van der Waals surface area contributed by atoms with Crippen molar-refractivity contribution in [2.45, 2.75) is 89.6 Å². The Hall–Kier alpha value is -1.86. The molecule has 176 valence electrons. The highest BCUT2D eigenvalue weighted by molar-refractivity contribution is 7.99. The van der Waals surface area contributed by atoms with E-state index >= 15 is 0 Å². The van der Waals surface area contributed by atoms with Crippen molar-refractivity contribution in [2.24, 2.45) is 0 Å². The van der Waals surface area contributed by atoms with E-state index in [0.29, 0.717) is 46.5 Å². The summed E-state index contributed by atoms with van der Waals surface area (Å²) in [4.78, 5) is 35.3. The minimum atomic E-state index is -0.0290. The molecule has 1 aliphatic rings. The molecule has 7 heteroatoms. The van der Waals surface area contributed by atoms with E-state index in [9.17, 15) is 9.59 Å². The number of amides is 1. The van der Waals surface area contributed by atoms with Crippen molar-refractivity contribution < 1.29 is 4.79 Å². The fourth-order valence-electron chi connectivity index (χ4n) is 4.68. The van der Waals surface area contributed by atoms with Gasteiger partial charge in [0.25, 0.3) is 5.56 Å². The number of aromatic nitrogens is 2. The van der Waals surface area contributed by atoms with Crippen molar-refractivity contribution in [3.05, 3.63) is 34.6 Å². The van der Waals surface area contributed by atoms with E-state index in [0.717, 1.165) is 19.4 Å². The Bertz CT molecular complexity index is 958. The smallest absolute Gasteiger partial charge is 0.262 e. The maximum atomic E-state index is 13.3. The van der Waals surface area contributed by atoms with Crippen LogP contribution in [0.4, 0.5) is 0 Å². The molecule has 1 aromatic heterocycles. The molecule has 0 spiro atoms. The van der Waals surface area contributed by atoms with Gasteiger partial charge >= 0.3 is 0 Å². The first-order chi connectivity index (χ1) is 15.3. The van der Waals surface area contributed by atoms with Crippen molar-refractivity contribution in [1.29, 1.82) is 0 Å². The van der Waals surface area contributed by atoms with Gasteiger partial charge in [-0.25, -0.2) is 4.98 Å². The van der Waals surface area contributed by atoms with E-state index in [4.69, 9.17) is 4.98 Å². The van der Waals surface area contributed by atoms with Crippen molar-refractivity contribution in [2.75, 3.05) is 19.3 Å². The number of fused-ring (bicyclic) bond motifs is 1. The third-order valence-electron chi connectivity index (χ3n) is 6.58. The number of para-hydroxylation sites is 1. The Morgan fingerprint density at radius 1 is 1.12 bits per heavy atom. The summed E-state index contributed by atoms with van der Waals surface area (Å²) in [5.41, 5.74) is 0.660. The lowest BCUT2D eigenvalue weighted by molar-refractivity contribution is -0.129. The zero-order chi connectivity index (χ0) is 23.3. The monoisotopic (exact) mass is 458 g/mol.